The Morgan fingerprint density at radius 2 is 1.80 bits per heavy atom. The van der Waals surface area contributed by atoms with Crippen LogP contribution in [-0.4, -0.2) is 6.18 Å². The van der Waals surface area contributed by atoms with Crippen LogP contribution in [0.25, 0.3) is 0 Å². The molecule has 0 saturated carbocycles. The van der Waals surface area contributed by atoms with Gasteiger partial charge in [0, 0.05) is 44.9 Å². The van der Waals surface area contributed by atoms with Crippen molar-refractivity contribution in [2.24, 2.45) is 0 Å². The van der Waals surface area contributed by atoms with Crippen molar-refractivity contribution < 1.29 is 50.3 Å². The van der Waals surface area contributed by atoms with Crippen LogP contribution in [-0.2, 0) is 39.1 Å². The summed E-state index contributed by atoms with van der Waals surface area (Å²) < 4.78 is 49.2. The van der Waals surface area contributed by atoms with Crippen LogP contribution in [0.15, 0.2) is 6.07 Å². The summed E-state index contributed by atoms with van der Waals surface area (Å²) in [5.41, 5.74) is 0.585. The summed E-state index contributed by atoms with van der Waals surface area (Å²) in [5.74, 6) is -0.842. The van der Waals surface area contributed by atoms with Crippen LogP contribution in [0.5, 0.6) is 0 Å². The van der Waals surface area contributed by atoms with Gasteiger partial charge in [-0.1, -0.05) is 13.8 Å². The topological polar surface area (TPSA) is 0 Å². The summed E-state index contributed by atoms with van der Waals surface area (Å²) in [6.07, 6.45) is -5.60. The zero-order chi connectivity index (χ0) is 10.9. The van der Waals surface area contributed by atoms with E-state index in [0.29, 0.717) is 11.1 Å². The van der Waals surface area contributed by atoms with E-state index in [-0.39, 0.29) is 38.3 Å². The van der Waals surface area contributed by atoms with Gasteiger partial charge in [-0.2, -0.15) is 24.8 Å². The molecule has 0 amide bonds. The van der Waals surface area contributed by atoms with Crippen LogP contribution in [0.2, 0.25) is 0 Å². The molecule has 81 valence electrons. The molecule has 0 bridgehead atoms. The minimum Gasteiger partial charge on any atom is -0.284 e. The van der Waals surface area contributed by atoms with Crippen LogP contribution in [0.4, 0.5) is 17.6 Å². The summed E-state index contributed by atoms with van der Waals surface area (Å²) in [6, 6.07) is 3.50. The molecule has 1 aromatic rings. The molecule has 0 aliphatic heterocycles. The van der Waals surface area contributed by atoms with E-state index in [0.717, 1.165) is 6.07 Å². The van der Waals surface area contributed by atoms with Gasteiger partial charge in [0.2, 0.25) is 0 Å². The Balaban J connectivity index is 0.00000196. The van der Waals surface area contributed by atoms with Crippen molar-refractivity contribution in [1.82, 2.24) is 0 Å². The average Bonchev–Trinajstić information content (AvgIpc) is 2.04. The minimum absolute atomic E-state index is 0. The summed E-state index contributed by atoms with van der Waals surface area (Å²) in [4.78, 5) is 0. The van der Waals surface area contributed by atoms with Crippen molar-refractivity contribution in [1.29, 1.82) is 0 Å². The molecule has 0 aromatic heterocycles. The number of aryl methyl sites for hydroxylation is 1. The van der Waals surface area contributed by atoms with Gasteiger partial charge in [0.25, 0.3) is 0 Å². The third-order valence-electron chi connectivity index (χ3n) is 2.10. The average molecular weight is 294 g/mol. The van der Waals surface area contributed by atoms with Gasteiger partial charge in [-0.15, -0.1) is 17.2 Å². The van der Waals surface area contributed by atoms with Crippen LogP contribution in [0, 0.1) is 25.7 Å². The van der Waals surface area contributed by atoms with Crippen molar-refractivity contribution >= 4 is 0 Å². The van der Waals surface area contributed by atoms with Gasteiger partial charge in [0.1, 0.15) is 0 Å². The van der Waals surface area contributed by atoms with Crippen LogP contribution < -0.4 is 0 Å². The first kappa shape index (κ1) is 15.0. The van der Waals surface area contributed by atoms with Gasteiger partial charge in [-0.25, -0.2) is 0 Å². The van der Waals surface area contributed by atoms with Gasteiger partial charge in [0.15, 0.2) is 0 Å². The Hall–Kier alpha value is 0.0439. The second-order valence-electron chi connectivity index (χ2n) is 3.16. The quantitative estimate of drug-likeness (QED) is 0.550. The SMILES string of the molecule is Cc1[c-]cc(F)c(CC(F)(F)F)c1C.[Y]. The van der Waals surface area contributed by atoms with Crippen molar-refractivity contribution in [3.63, 3.8) is 0 Å². The molecule has 0 saturated heterocycles. The summed E-state index contributed by atoms with van der Waals surface area (Å²) in [6.45, 7) is 3.07. The second-order valence-corrected chi connectivity index (χ2v) is 3.16. The number of alkyl halides is 3. The summed E-state index contributed by atoms with van der Waals surface area (Å²) in [7, 11) is 0. The molecule has 0 aliphatic rings. The number of rotatable bonds is 1. The monoisotopic (exact) mass is 294 g/mol. The van der Waals surface area contributed by atoms with Crippen molar-refractivity contribution in [2.45, 2.75) is 26.4 Å². The molecule has 0 spiro atoms. The molecule has 15 heavy (non-hydrogen) atoms. The molecule has 0 heterocycles. The molecule has 5 heteroatoms. The van der Waals surface area contributed by atoms with E-state index in [9.17, 15) is 17.6 Å². The molecule has 1 aromatic carbocycles. The molecular weight excluding hydrogens is 285 g/mol. The van der Waals surface area contributed by atoms with Crippen LogP contribution >= 0.6 is 0 Å². The Labute approximate surface area is 111 Å². The fraction of sp³-hybridized carbons (Fsp3) is 0.400. The number of hydrogen-bond acceptors (Lipinski definition) is 0. The van der Waals surface area contributed by atoms with E-state index in [1.54, 1.807) is 6.92 Å². The van der Waals surface area contributed by atoms with E-state index < -0.39 is 18.4 Å². The standard InChI is InChI=1S/C10H9F4.Y/c1-6-3-4-9(11)8(7(6)2)5-10(12,13)14;/h4H,5H2,1-2H3;/q-1;. The predicted octanol–water partition coefficient (Wildman–Crippen LogP) is 3.35. The van der Waals surface area contributed by atoms with E-state index in [4.69, 9.17) is 0 Å². The maximum Gasteiger partial charge on any atom is 0.391 e. The number of hydrogen-bond donors (Lipinski definition) is 0. The molecule has 1 rings (SSSR count). The molecule has 0 unspecified atom stereocenters. The smallest absolute Gasteiger partial charge is 0.284 e. The first-order valence-corrected chi connectivity index (χ1v) is 4.04. The van der Waals surface area contributed by atoms with Gasteiger partial charge in [0.05, 0.1) is 0 Å². The van der Waals surface area contributed by atoms with Gasteiger partial charge >= 0.3 is 6.18 Å². The van der Waals surface area contributed by atoms with Gasteiger partial charge in [-0.3, -0.25) is 4.39 Å². The molecule has 0 fully saturated rings. The predicted molar refractivity (Wildman–Crippen MR) is 44.5 cm³/mol. The fourth-order valence-electron chi connectivity index (χ4n) is 1.19. The normalized spacial score (nSPS) is 11.1. The maximum atomic E-state index is 13.0. The summed E-state index contributed by atoms with van der Waals surface area (Å²) >= 11 is 0. The summed E-state index contributed by atoms with van der Waals surface area (Å²) in [5, 5.41) is 0. The van der Waals surface area contributed by atoms with Gasteiger partial charge in [-0.05, 0) is 0 Å². The molecule has 0 aliphatic carbocycles. The van der Waals surface area contributed by atoms with Crippen molar-refractivity contribution in [2.75, 3.05) is 0 Å². The minimum atomic E-state index is -4.38. The van der Waals surface area contributed by atoms with E-state index >= 15 is 0 Å². The second kappa shape index (κ2) is 5.40. The van der Waals surface area contributed by atoms with Crippen LogP contribution in [0.3, 0.4) is 0 Å². The molecule has 0 atom stereocenters. The first-order valence-electron chi connectivity index (χ1n) is 4.04. The zero-order valence-corrected chi connectivity index (χ0v) is 11.2. The Morgan fingerprint density at radius 3 is 2.27 bits per heavy atom. The largest absolute Gasteiger partial charge is 0.391 e. The molecule has 0 N–H and O–H groups in total. The Morgan fingerprint density at radius 1 is 1.27 bits per heavy atom. The molecular formula is C10H9F4Y-. The van der Waals surface area contributed by atoms with Gasteiger partial charge < -0.3 is 0 Å². The number of halogens is 4. The Kier molecular flexibility index (Phi) is 5.41. The van der Waals surface area contributed by atoms with Crippen LogP contribution in [0.1, 0.15) is 16.7 Å². The third-order valence-corrected chi connectivity index (χ3v) is 2.10. The van der Waals surface area contributed by atoms with E-state index in [1.165, 1.54) is 6.92 Å². The molecule has 1 radical (unpaired) electrons. The fourth-order valence-corrected chi connectivity index (χ4v) is 1.19. The van der Waals surface area contributed by atoms with Crippen molar-refractivity contribution in [3.8, 4) is 0 Å². The Bertz CT molecular complexity index is 344. The van der Waals surface area contributed by atoms with E-state index in [1.807, 2.05) is 0 Å². The van der Waals surface area contributed by atoms with Crippen molar-refractivity contribution in [3.05, 3.63) is 34.6 Å². The number of benzene rings is 1. The maximum absolute atomic E-state index is 13.0. The van der Waals surface area contributed by atoms with E-state index in [2.05, 4.69) is 6.07 Å². The molecule has 0 nitrogen and oxygen atoms in total. The third kappa shape index (κ3) is 4.19. The zero-order valence-electron chi connectivity index (χ0n) is 8.37. The first-order chi connectivity index (χ1) is 6.31.